The van der Waals surface area contributed by atoms with Gasteiger partial charge in [0.05, 0.1) is 34.1 Å². The number of nitrogens with one attached hydrogen (secondary N) is 2. The topological polar surface area (TPSA) is 150 Å². The van der Waals surface area contributed by atoms with E-state index in [9.17, 15) is 26.7 Å². The normalized spacial score (nSPS) is 20.9. The molecule has 9 nitrogen and oxygen atoms in total. The number of anilines is 2. The van der Waals surface area contributed by atoms with Crippen LogP contribution in [0.3, 0.4) is 0 Å². The Balaban J connectivity index is 1.76. The fourth-order valence-corrected chi connectivity index (χ4v) is 6.12. The Morgan fingerprint density at radius 1 is 1.07 bits per heavy atom. The number of aliphatic hydroxyl groups is 1. The monoisotopic (exact) mass is 440 g/mol. The first-order valence-electron chi connectivity index (χ1n) is 8.59. The molecule has 0 unspecified atom stereocenters. The van der Waals surface area contributed by atoms with E-state index < -0.39 is 38.0 Å². The van der Waals surface area contributed by atoms with E-state index in [1.54, 1.807) is 19.1 Å². The Hall–Kier alpha value is -2.63. The molecule has 0 saturated carbocycles. The van der Waals surface area contributed by atoms with E-state index in [4.69, 9.17) is 5.11 Å². The maximum atomic E-state index is 12.7. The number of sulfonamides is 1. The molecule has 2 atom stereocenters. The van der Waals surface area contributed by atoms with Gasteiger partial charge in [-0.25, -0.2) is 21.6 Å². The van der Waals surface area contributed by atoms with Gasteiger partial charge in [-0.05, 0) is 48.9 Å². The number of carboxylic acid groups (broad SMARTS) is 1. The molecule has 1 saturated heterocycles. The van der Waals surface area contributed by atoms with Gasteiger partial charge < -0.3 is 15.5 Å². The van der Waals surface area contributed by atoms with Crippen LogP contribution in [0.4, 0.5) is 11.4 Å². The molecule has 0 aliphatic carbocycles. The molecule has 2 aromatic carbocycles. The third kappa shape index (κ3) is 4.86. The standard InChI is InChI=1S/C18H20N2O7S2/c1-11-2-3-12(18(22)23)8-17(11)29(26,27)20-14-6-4-13(5-7-14)19-15-9-28(24,25)10-16(15)21/h2-8,15-16,19-21H,9-10H2,1H3,(H,22,23)/t15-,16-/m1/s1. The smallest absolute Gasteiger partial charge is 0.335 e. The summed E-state index contributed by atoms with van der Waals surface area (Å²) >= 11 is 0. The van der Waals surface area contributed by atoms with Gasteiger partial charge in [-0.2, -0.15) is 0 Å². The number of aromatic carboxylic acids is 1. The third-order valence-electron chi connectivity index (χ3n) is 4.54. The molecule has 1 heterocycles. The molecule has 156 valence electrons. The van der Waals surface area contributed by atoms with Crippen molar-refractivity contribution in [3.63, 3.8) is 0 Å². The van der Waals surface area contributed by atoms with E-state index in [1.165, 1.54) is 24.3 Å². The maximum Gasteiger partial charge on any atom is 0.335 e. The van der Waals surface area contributed by atoms with Crippen LogP contribution < -0.4 is 10.0 Å². The van der Waals surface area contributed by atoms with Crippen molar-refractivity contribution in [2.75, 3.05) is 21.5 Å². The number of hydrogen-bond donors (Lipinski definition) is 4. The van der Waals surface area contributed by atoms with Crippen LogP contribution in [0.25, 0.3) is 0 Å². The summed E-state index contributed by atoms with van der Waals surface area (Å²) in [7, 11) is -7.30. The highest BCUT2D eigenvalue weighted by molar-refractivity contribution is 7.92. The molecule has 1 aliphatic heterocycles. The number of rotatable bonds is 6. The molecule has 0 bridgehead atoms. The molecule has 0 spiro atoms. The lowest BCUT2D eigenvalue weighted by atomic mass is 10.1. The quantitative estimate of drug-likeness (QED) is 0.521. The van der Waals surface area contributed by atoms with Gasteiger partial charge >= 0.3 is 5.97 Å². The fraction of sp³-hybridized carbons (Fsp3) is 0.278. The summed E-state index contributed by atoms with van der Waals surface area (Å²) in [6, 6.07) is 9.27. The summed E-state index contributed by atoms with van der Waals surface area (Å²) in [5.74, 6) is -1.70. The number of carboxylic acids is 1. The first-order valence-corrected chi connectivity index (χ1v) is 11.9. The van der Waals surface area contributed by atoms with Crippen molar-refractivity contribution in [2.24, 2.45) is 0 Å². The highest BCUT2D eigenvalue weighted by Gasteiger charge is 2.36. The van der Waals surface area contributed by atoms with Crippen LogP contribution in [-0.4, -0.2) is 56.7 Å². The summed E-state index contributed by atoms with van der Waals surface area (Å²) in [6.45, 7) is 1.56. The minimum atomic E-state index is -4.01. The molecule has 29 heavy (non-hydrogen) atoms. The zero-order chi connectivity index (χ0) is 21.4. The third-order valence-corrected chi connectivity index (χ3v) is 7.78. The summed E-state index contributed by atoms with van der Waals surface area (Å²) in [6.07, 6.45) is -1.01. The maximum absolute atomic E-state index is 12.7. The van der Waals surface area contributed by atoms with Crippen molar-refractivity contribution in [1.29, 1.82) is 0 Å². The second-order valence-corrected chi connectivity index (χ2v) is 10.7. The summed E-state index contributed by atoms with van der Waals surface area (Å²) in [5, 5.41) is 21.8. The average molecular weight is 440 g/mol. The number of sulfone groups is 1. The largest absolute Gasteiger partial charge is 0.478 e. The van der Waals surface area contributed by atoms with Crippen LogP contribution >= 0.6 is 0 Å². The van der Waals surface area contributed by atoms with Crippen molar-refractivity contribution in [3.05, 3.63) is 53.6 Å². The van der Waals surface area contributed by atoms with Crippen molar-refractivity contribution in [1.82, 2.24) is 0 Å². The van der Waals surface area contributed by atoms with Crippen LogP contribution in [0.2, 0.25) is 0 Å². The van der Waals surface area contributed by atoms with Crippen molar-refractivity contribution >= 4 is 37.2 Å². The molecular formula is C18H20N2O7S2. The van der Waals surface area contributed by atoms with Crippen LogP contribution in [0.5, 0.6) is 0 Å². The molecule has 4 N–H and O–H groups in total. The van der Waals surface area contributed by atoms with E-state index in [2.05, 4.69) is 10.0 Å². The Morgan fingerprint density at radius 2 is 1.69 bits per heavy atom. The van der Waals surface area contributed by atoms with E-state index in [1.807, 2.05) is 0 Å². The van der Waals surface area contributed by atoms with Gasteiger partial charge in [0.2, 0.25) is 0 Å². The molecule has 11 heteroatoms. The predicted molar refractivity (Wildman–Crippen MR) is 107 cm³/mol. The van der Waals surface area contributed by atoms with Gasteiger partial charge in [0.25, 0.3) is 10.0 Å². The molecule has 0 aromatic heterocycles. The SMILES string of the molecule is Cc1ccc(C(=O)O)cc1S(=O)(=O)Nc1ccc(N[C@@H]2CS(=O)(=O)C[C@H]2O)cc1. The van der Waals surface area contributed by atoms with Crippen LogP contribution in [-0.2, 0) is 19.9 Å². The van der Waals surface area contributed by atoms with Gasteiger partial charge in [0, 0.05) is 11.4 Å². The van der Waals surface area contributed by atoms with Crippen LogP contribution in [0, 0.1) is 6.92 Å². The number of hydrogen-bond acceptors (Lipinski definition) is 7. The molecule has 2 aromatic rings. The summed E-state index contributed by atoms with van der Waals surface area (Å²) < 4.78 is 50.8. The minimum Gasteiger partial charge on any atom is -0.478 e. The number of aliphatic hydroxyl groups excluding tert-OH is 1. The fourth-order valence-electron chi connectivity index (χ4n) is 3.05. The molecular weight excluding hydrogens is 420 g/mol. The molecule has 0 amide bonds. The molecule has 0 radical (unpaired) electrons. The highest BCUT2D eigenvalue weighted by atomic mass is 32.2. The second-order valence-electron chi connectivity index (χ2n) is 6.86. The molecule has 1 aliphatic rings. The zero-order valence-electron chi connectivity index (χ0n) is 15.4. The predicted octanol–water partition coefficient (Wildman–Crippen LogP) is 1.06. The summed E-state index contributed by atoms with van der Waals surface area (Å²) in [5.41, 5.74) is 1.03. The summed E-state index contributed by atoms with van der Waals surface area (Å²) in [4.78, 5) is 11.0. The lowest BCUT2D eigenvalue weighted by Gasteiger charge is -2.17. The average Bonchev–Trinajstić information content (AvgIpc) is 2.88. The Morgan fingerprint density at radius 3 is 2.24 bits per heavy atom. The highest BCUT2D eigenvalue weighted by Crippen LogP contribution is 2.23. The van der Waals surface area contributed by atoms with E-state index >= 15 is 0 Å². The Kier molecular flexibility index (Phi) is 5.57. The van der Waals surface area contributed by atoms with E-state index in [0.29, 0.717) is 11.3 Å². The van der Waals surface area contributed by atoms with Crippen molar-refractivity contribution < 1.29 is 31.8 Å². The van der Waals surface area contributed by atoms with Crippen molar-refractivity contribution in [2.45, 2.75) is 24.0 Å². The first kappa shape index (κ1) is 21.1. The number of aryl methyl sites for hydroxylation is 1. The van der Waals surface area contributed by atoms with Gasteiger partial charge in [-0.3, -0.25) is 4.72 Å². The second kappa shape index (κ2) is 7.65. The van der Waals surface area contributed by atoms with Crippen LogP contribution in [0.15, 0.2) is 47.4 Å². The van der Waals surface area contributed by atoms with Gasteiger partial charge in [0.1, 0.15) is 0 Å². The number of benzene rings is 2. The Labute approximate surface area is 168 Å². The van der Waals surface area contributed by atoms with Gasteiger partial charge in [0.15, 0.2) is 9.84 Å². The minimum absolute atomic E-state index is 0.138. The Bertz CT molecular complexity index is 1140. The van der Waals surface area contributed by atoms with Gasteiger partial charge in [-0.15, -0.1) is 0 Å². The molecule has 1 fully saturated rings. The van der Waals surface area contributed by atoms with Crippen LogP contribution in [0.1, 0.15) is 15.9 Å². The van der Waals surface area contributed by atoms with Gasteiger partial charge in [-0.1, -0.05) is 6.07 Å². The lowest BCUT2D eigenvalue weighted by Crippen LogP contribution is -2.31. The van der Waals surface area contributed by atoms with E-state index in [0.717, 1.165) is 6.07 Å². The lowest BCUT2D eigenvalue weighted by molar-refractivity contribution is 0.0696. The molecule has 3 rings (SSSR count). The number of carbonyl (C=O) groups is 1. The van der Waals surface area contributed by atoms with Crippen molar-refractivity contribution in [3.8, 4) is 0 Å². The first-order chi connectivity index (χ1) is 13.5. The zero-order valence-corrected chi connectivity index (χ0v) is 17.0. The van der Waals surface area contributed by atoms with E-state index in [-0.39, 0.29) is 27.7 Å².